The van der Waals surface area contributed by atoms with Crippen molar-refractivity contribution in [3.63, 3.8) is 0 Å². The average molecular weight is 487 g/mol. The van der Waals surface area contributed by atoms with E-state index in [4.69, 9.17) is 0 Å². The number of nitrogens with zero attached hydrogens (tertiary/aromatic N) is 1. The molecule has 4 rings (SSSR count). The third kappa shape index (κ3) is 5.62. The summed E-state index contributed by atoms with van der Waals surface area (Å²) in [4.78, 5) is 27.3. The molecule has 0 bridgehead atoms. The summed E-state index contributed by atoms with van der Waals surface area (Å²) in [7, 11) is 0. The average Bonchev–Trinajstić information content (AvgIpc) is 3.20. The van der Waals surface area contributed by atoms with Crippen molar-refractivity contribution < 1.29 is 9.59 Å². The van der Waals surface area contributed by atoms with E-state index >= 15 is 0 Å². The van der Waals surface area contributed by atoms with Gasteiger partial charge in [0.1, 0.15) is 5.37 Å². The SMILES string of the molecule is CC(C)(C)c1ccc(C(=O)Nc2ccc([C@H]3SCC(=O)N3c3ccc(C(C)(C)C)cc3)cc2)cc1. The molecule has 1 N–H and O–H groups in total. The first-order valence-corrected chi connectivity index (χ1v) is 13.0. The fraction of sp³-hybridized carbons (Fsp3) is 0.333. The molecular weight excluding hydrogens is 452 g/mol. The Hall–Kier alpha value is -3.05. The van der Waals surface area contributed by atoms with Gasteiger partial charge >= 0.3 is 0 Å². The van der Waals surface area contributed by atoms with Crippen molar-refractivity contribution in [3.05, 3.63) is 95.1 Å². The van der Waals surface area contributed by atoms with Crippen LogP contribution in [0.15, 0.2) is 72.8 Å². The van der Waals surface area contributed by atoms with Gasteiger partial charge in [0.15, 0.2) is 0 Å². The second-order valence-corrected chi connectivity index (χ2v) is 12.2. The molecular formula is C30H34N2O2S. The van der Waals surface area contributed by atoms with Gasteiger partial charge in [0.05, 0.1) is 5.75 Å². The fourth-order valence-corrected chi connectivity index (χ4v) is 5.31. The molecule has 3 aromatic rings. The highest BCUT2D eigenvalue weighted by Crippen LogP contribution is 2.42. The van der Waals surface area contributed by atoms with Crippen LogP contribution in [0.1, 0.15) is 74.0 Å². The maximum absolute atomic E-state index is 12.7. The maximum atomic E-state index is 12.7. The minimum absolute atomic E-state index is 0.0486. The molecule has 0 aliphatic carbocycles. The molecule has 2 amide bonds. The Morgan fingerprint density at radius 2 is 1.31 bits per heavy atom. The van der Waals surface area contributed by atoms with E-state index in [1.54, 1.807) is 11.8 Å². The summed E-state index contributed by atoms with van der Waals surface area (Å²) in [6.45, 7) is 13.0. The van der Waals surface area contributed by atoms with Gasteiger partial charge in [0.2, 0.25) is 5.91 Å². The molecule has 1 saturated heterocycles. The van der Waals surface area contributed by atoms with Crippen molar-refractivity contribution in [2.24, 2.45) is 0 Å². The summed E-state index contributed by atoms with van der Waals surface area (Å²) in [5.41, 5.74) is 5.86. The molecule has 4 nitrogen and oxygen atoms in total. The van der Waals surface area contributed by atoms with Crippen LogP contribution in [0.4, 0.5) is 11.4 Å². The van der Waals surface area contributed by atoms with Gasteiger partial charge in [0, 0.05) is 16.9 Å². The number of amides is 2. The molecule has 0 saturated carbocycles. The zero-order valence-electron chi connectivity index (χ0n) is 21.4. The van der Waals surface area contributed by atoms with Crippen LogP contribution in [-0.4, -0.2) is 17.6 Å². The summed E-state index contributed by atoms with van der Waals surface area (Å²) < 4.78 is 0. The molecule has 5 heteroatoms. The van der Waals surface area contributed by atoms with E-state index in [1.165, 1.54) is 11.1 Å². The van der Waals surface area contributed by atoms with Gasteiger partial charge in [-0.1, -0.05) is 77.9 Å². The van der Waals surface area contributed by atoms with Crippen LogP contribution in [0, 0.1) is 0 Å². The van der Waals surface area contributed by atoms with Gasteiger partial charge in [-0.3, -0.25) is 14.5 Å². The number of nitrogens with one attached hydrogen (secondary N) is 1. The standard InChI is InChI=1S/C30H34N2O2S/c1-29(2,3)22-11-7-20(8-12-22)27(34)31-24-15-9-21(10-16-24)28-32(26(33)19-35-28)25-17-13-23(14-18-25)30(4,5)6/h7-18,28H,19H2,1-6H3,(H,31,34)/t28-/m1/s1. The third-order valence-corrected chi connectivity index (χ3v) is 7.56. The van der Waals surface area contributed by atoms with Crippen molar-refractivity contribution in [1.82, 2.24) is 0 Å². The molecule has 0 unspecified atom stereocenters. The van der Waals surface area contributed by atoms with Crippen LogP contribution < -0.4 is 10.2 Å². The Kier molecular flexibility index (Phi) is 6.83. The lowest BCUT2D eigenvalue weighted by Crippen LogP contribution is -2.28. The number of carbonyl (C=O) groups excluding carboxylic acids is 2. The topological polar surface area (TPSA) is 49.4 Å². The molecule has 1 atom stereocenters. The van der Waals surface area contributed by atoms with Crippen LogP contribution >= 0.6 is 11.8 Å². The molecule has 1 aliphatic heterocycles. The summed E-state index contributed by atoms with van der Waals surface area (Å²) in [6.07, 6.45) is 0. The summed E-state index contributed by atoms with van der Waals surface area (Å²) in [6, 6.07) is 23.8. The van der Waals surface area contributed by atoms with E-state index in [-0.39, 0.29) is 28.0 Å². The molecule has 3 aromatic carbocycles. The van der Waals surface area contributed by atoms with Crippen LogP contribution in [0.5, 0.6) is 0 Å². The normalized spacial score (nSPS) is 16.5. The number of hydrogen-bond acceptors (Lipinski definition) is 3. The van der Waals surface area contributed by atoms with Gasteiger partial charge in [-0.05, 0) is 63.9 Å². The number of benzene rings is 3. The summed E-state index contributed by atoms with van der Waals surface area (Å²) in [5, 5.41) is 2.89. The number of hydrogen-bond donors (Lipinski definition) is 1. The molecule has 35 heavy (non-hydrogen) atoms. The number of rotatable bonds is 4. The van der Waals surface area contributed by atoms with E-state index < -0.39 is 0 Å². The molecule has 1 heterocycles. The Balaban J connectivity index is 1.47. The minimum atomic E-state index is -0.135. The van der Waals surface area contributed by atoms with Crippen LogP contribution in [-0.2, 0) is 15.6 Å². The molecule has 0 aromatic heterocycles. The zero-order chi connectivity index (χ0) is 25.4. The van der Waals surface area contributed by atoms with E-state index in [0.717, 1.165) is 16.9 Å². The summed E-state index contributed by atoms with van der Waals surface area (Å²) >= 11 is 1.63. The molecule has 0 radical (unpaired) electrons. The highest BCUT2D eigenvalue weighted by molar-refractivity contribution is 8.00. The van der Waals surface area contributed by atoms with Crippen molar-refractivity contribution in [3.8, 4) is 0 Å². The van der Waals surface area contributed by atoms with E-state index in [9.17, 15) is 9.59 Å². The van der Waals surface area contributed by atoms with Crippen LogP contribution in [0.3, 0.4) is 0 Å². The first-order chi connectivity index (χ1) is 16.4. The number of carbonyl (C=O) groups is 2. The van der Waals surface area contributed by atoms with Crippen molar-refractivity contribution in [1.29, 1.82) is 0 Å². The van der Waals surface area contributed by atoms with Crippen molar-refractivity contribution in [2.75, 3.05) is 16.0 Å². The lowest BCUT2D eigenvalue weighted by molar-refractivity contribution is -0.115. The Labute approximate surface area is 213 Å². The molecule has 1 aliphatic rings. The van der Waals surface area contributed by atoms with Gasteiger partial charge in [0.25, 0.3) is 5.91 Å². The molecule has 182 valence electrons. The molecule has 1 fully saturated rings. The van der Waals surface area contributed by atoms with Gasteiger partial charge in [-0.25, -0.2) is 0 Å². The van der Waals surface area contributed by atoms with E-state index in [1.807, 2.05) is 65.6 Å². The van der Waals surface area contributed by atoms with Crippen LogP contribution in [0.2, 0.25) is 0 Å². The highest BCUT2D eigenvalue weighted by Gasteiger charge is 2.34. The van der Waals surface area contributed by atoms with E-state index in [2.05, 4.69) is 59.0 Å². The van der Waals surface area contributed by atoms with Gasteiger partial charge < -0.3 is 5.32 Å². The third-order valence-electron chi connectivity index (χ3n) is 6.35. The largest absolute Gasteiger partial charge is 0.322 e. The first kappa shape index (κ1) is 25.1. The zero-order valence-corrected chi connectivity index (χ0v) is 22.2. The summed E-state index contributed by atoms with van der Waals surface area (Å²) in [5.74, 6) is 0.429. The second-order valence-electron chi connectivity index (χ2n) is 11.1. The van der Waals surface area contributed by atoms with Gasteiger partial charge in [-0.15, -0.1) is 11.8 Å². The monoisotopic (exact) mass is 486 g/mol. The lowest BCUT2D eigenvalue weighted by atomic mass is 9.87. The number of thioether (sulfide) groups is 1. The Morgan fingerprint density at radius 1 is 0.800 bits per heavy atom. The van der Waals surface area contributed by atoms with E-state index in [0.29, 0.717) is 11.3 Å². The minimum Gasteiger partial charge on any atom is -0.322 e. The van der Waals surface area contributed by atoms with Crippen molar-refractivity contribution >= 4 is 35.0 Å². The van der Waals surface area contributed by atoms with Crippen LogP contribution in [0.25, 0.3) is 0 Å². The predicted octanol–water partition coefficient (Wildman–Crippen LogP) is 7.31. The fourth-order valence-electron chi connectivity index (χ4n) is 4.13. The highest BCUT2D eigenvalue weighted by atomic mass is 32.2. The molecule has 0 spiro atoms. The predicted molar refractivity (Wildman–Crippen MR) is 147 cm³/mol. The van der Waals surface area contributed by atoms with Crippen molar-refractivity contribution in [2.45, 2.75) is 57.7 Å². The van der Waals surface area contributed by atoms with Gasteiger partial charge in [-0.2, -0.15) is 0 Å². The number of anilines is 2. The lowest BCUT2D eigenvalue weighted by Gasteiger charge is -2.26. The smallest absolute Gasteiger partial charge is 0.255 e. The quantitative estimate of drug-likeness (QED) is 0.420. The maximum Gasteiger partial charge on any atom is 0.255 e. The Bertz CT molecular complexity index is 1200. The second kappa shape index (κ2) is 9.54. The first-order valence-electron chi connectivity index (χ1n) is 12.0. The Morgan fingerprint density at radius 3 is 1.83 bits per heavy atom.